The molecule has 1 aliphatic carbocycles. The van der Waals surface area contributed by atoms with Gasteiger partial charge in [-0.2, -0.15) is 0 Å². The molecule has 1 aromatic carbocycles. The number of fused-ring (bicyclic) bond motifs is 3. The average molecular weight is 352 g/mol. The molecule has 0 N–H and O–H groups in total. The van der Waals surface area contributed by atoms with Crippen molar-refractivity contribution in [3.8, 4) is 11.1 Å². The van der Waals surface area contributed by atoms with Gasteiger partial charge in [0.2, 0.25) is 0 Å². The van der Waals surface area contributed by atoms with E-state index in [-0.39, 0.29) is 11.9 Å². The minimum atomic E-state index is 0.129. The second-order valence-corrected chi connectivity index (χ2v) is 7.44. The molecule has 0 spiro atoms. The quantitative estimate of drug-likeness (QED) is 0.687. The Hall–Kier alpha value is -2.33. The van der Waals surface area contributed by atoms with E-state index >= 15 is 0 Å². The zero-order chi connectivity index (χ0) is 17.1. The van der Waals surface area contributed by atoms with Gasteiger partial charge in [-0.05, 0) is 49.6 Å². The number of rotatable bonds is 2. The Kier molecular flexibility index (Phi) is 3.19. The van der Waals surface area contributed by atoms with Crippen molar-refractivity contribution in [1.82, 2.24) is 14.5 Å². The molecule has 0 unspecified atom stereocenters. The van der Waals surface area contributed by atoms with Gasteiger partial charge in [0.25, 0.3) is 5.91 Å². The molecule has 2 aliphatic rings. The van der Waals surface area contributed by atoms with Crippen molar-refractivity contribution < 1.29 is 4.79 Å². The van der Waals surface area contributed by atoms with Crippen LogP contribution in [0.25, 0.3) is 22.2 Å². The summed E-state index contributed by atoms with van der Waals surface area (Å²) in [5, 5.41) is 0.689. The highest BCUT2D eigenvalue weighted by atomic mass is 35.5. The number of halogens is 1. The lowest BCUT2D eigenvalue weighted by atomic mass is 10.0. The average Bonchev–Trinajstić information content (AvgIpc) is 3.38. The Balaban J connectivity index is 1.80. The summed E-state index contributed by atoms with van der Waals surface area (Å²) in [6.45, 7) is 2.96. The Morgan fingerprint density at radius 3 is 2.64 bits per heavy atom. The Bertz CT molecular complexity index is 988. The van der Waals surface area contributed by atoms with Crippen LogP contribution in [0.1, 0.15) is 30.3 Å². The first kappa shape index (κ1) is 15.0. The van der Waals surface area contributed by atoms with Gasteiger partial charge in [0, 0.05) is 35.4 Å². The van der Waals surface area contributed by atoms with Gasteiger partial charge in [-0.25, -0.2) is 0 Å². The van der Waals surface area contributed by atoms with Gasteiger partial charge in [0.1, 0.15) is 5.69 Å². The molecule has 0 bridgehead atoms. The highest BCUT2D eigenvalue weighted by molar-refractivity contribution is 6.30. The molecule has 4 nitrogen and oxygen atoms in total. The number of aromatic nitrogens is 2. The zero-order valence-corrected chi connectivity index (χ0v) is 14.7. The molecular formula is C20H18ClN3O. The summed E-state index contributed by atoms with van der Waals surface area (Å²) in [5.41, 5.74) is 4.59. The van der Waals surface area contributed by atoms with E-state index in [0.717, 1.165) is 47.2 Å². The van der Waals surface area contributed by atoms with Crippen LogP contribution < -0.4 is 0 Å². The van der Waals surface area contributed by atoms with Gasteiger partial charge in [0.05, 0.1) is 11.0 Å². The van der Waals surface area contributed by atoms with Crippen LogP contribution in [0.3, 0.4) is 0 Å². The number of carbonyl (C=O) groups excluding carboxylic acids is 1. The van der Waals surface area contributed by atoms with Crippen molar-refractivity contribution in [3.05, 3.63) is 53.3 Å². The van der Waals surface area contributed by atoms with Crippen LogP contribution in [-0.2, 0) is 6.54 Å². The van der Waals surface area contributed by atoms with Crippen LogP contribution in [0.15, 0.2) is 42.6 Å². The Morgan fingerprint density at radius 2 is 1.92 bits per heavy atom. The van der Waals surface area contributed by atoms with E-state index < -0.39 is 0 Å². The molecule has 3 aromatic rings. The SMILES string of the molecule is C[C@@H]1Cn2c(c(-c3ccc(Cl)cc3)c3ncccc32)C(=O)N1C1CC1. The van der Waals surface area contributed by atoms with Crippen molar-refractivity contribution >= 4 is 28.5 Å². The predicted molar refractivity (Wildman–Crippen MR) is 98.8 cm³/mol. The molecule has 0 saturated heterocycles. The fourth-order valence-electron chi connectivity index (χ4n) is 4.03. The van der Waals surface area contributed by atoms with Crippen LogP contribution in [-0.4, -0.2) is 32.4 Å². The van der Waals surface area contributed by atoms with Crippen molar-refractivity contribution in [2.24, 2.45) is 0 Å². The van der Waals surface area contributed by atoms with Gasteiger partial charge in [0.15, 0.2) is 0 Å². The fraction of sp³-hybridized carbons (Fsp3) is 0.300. The maximum atomic E-state index is 13.4. The fourth-order valence-corrected chi connectivity index (χ4v) is 4.16. The molecule has 0 radical (unpaired) electrons. The molecule has 25 heavy (non-hydrogen) atoms. The molecule has 5 heteroatoms. The summed E-state index contributed by atoms with van der Waals surface area (Å²) in [6, 6.07) is 12.3. The lowest BCUT2D eigenvalue weighted by Crippen LogP contribution is -2.47. The molecule has 3 heterocycles. The maximum Gasteiger partial charge on any atom is 0.271 e. The zero-order valence-electron chi connectivity index (χ0n) is 13.9. The summed E-state index contributed by atoms with van der Waals surface area (Å²) in [5.74, 6) is 0.129. The van der Waals surface area contributed by atoms with Crippen LogP contribution in [0.5, 0.6) is 0 Å². The Labute approximate surface area is 151 Å². The second kappa shape index (κ2) is 5.33. The lowest BCUT2D eigenvalue weighted by Gasteiger charge is -2.35. The molecule has 1 aliphatic heterocycles. The summed E-state index contributed by atoms with van der Waals surface area (Å²) in [6.07, 6.45) is 4.02. The van der Waals surface area contributed by atoms with Crippen LogP contribution in [0.4, 0.5) is 0 Å². The third-order valence-electron chi connectivity index (χ3n) is 5.25. The highest BCUT2D eigenvalue weighted by Crippen LogP contribution is 2.40. The first-order chi connectivity index (χ1) is 12.1. The van der Waals surface area contributed by atoms with E-state index in [1.54, 1.807) is 6.20 Å². The molecule has 126 valence electrons. The molecule has 1 fully saturated rings. The van der Waals surface area contributed by atoms with E-state index in [4.69, 9.17) is 11.6 Å². The van der Waals surface area contributed by atoms with Crippen LogP contribution >= 0.6 is 11.6 Å². The van der Waals surface area contributed by atoms with Crippen LogP contribution in [0.2, 0.25) is 5.02 Å². The van der Waals surface area contributed by atoms with Crippen molar-refractivity contribution in [3.63, 3.8) is 0 Å². The number of amides is 1. The minimum Gasteiger partial charge on any atom is -0.333 e. The largest absolute Gasteiger partial charge is 0.333 e. The summed E-state index contributed by atoms with van der Waals surface area (Å²) in [4.78, 5) is 20.1. The normalized spacial score (nSPS) is 20.2. The van der Waals surface area contributed by atoms with Gasteiger partial charge in [-0.3, -0.25) is 9.78 Å². The van der Waals surface area contributed by atoms with E-state index in [1.807, 2.05) is 30.3 Å². The number of hydrogen-bond acceptors (Lipinski definition) is 2. The summed E-state index contributed by atoms with van der Waals surface area (Å²) >= 11 is 6.06. The number of pyridine rings is 1. The smallest absolute Gasteiger partial charge is 0.271 e. The van der Waals surface area contributed by atoms with Crippen molar-refractivity contribution in [1.29, 1.82) is 0 Å². The first-order valence-electron chi connectivity index (χ1n) is 8.71. The molecule has 1 saturated carbocycles. The van der Waals surface area contributed by atoms with Gasteiger partial charge in [-0.1, -0.05) is 23.7 Å². The van der Waals surface area contributed by atoms with Gasteiger partial charge in [-0.15, -0.1) is 0 Å². The topological polar surface area (TPSA) is 38.1 Å². The lowest BCUT2D eigenvalue weighted by molar-refractivity contribution is 0.0600. The Morgan fingerprint density at radius 1 is 1.16 bits per heavy atom. The van der Waals surface area contributed by atoms with Crippen LogP contribution in [0, 0.1) is 0 Å². The highest BCUT2D eigenvalue weighted by Gasteiger charge is 2.42. The summed E-state index contributed by atoms with van der Waals surface area (Å²) in [7, 11) is 0. The number of hydrogen-bond donors (Lipinski definition) is 0. The third-order valence-corrected chi connectivity index (χ3v) is 5.50. The molecule has 1 amide bonds. The predicted octanol–water partition coefficient (Wildman–Crippen LogP) is 4.36. The maximum absolute atomic E-state index is 13.4. The van der Waals surface area contributed by atoms with Crippen molar-refractivity contribution in [2.45, 2.75) is 38.4 Å². The molecule has 2 aromatic heterocycles. The van der Waals surface area contributed by atoms with Gasteiger partial charge < -0.3 is 9.47 Å². The minimum absolute atomic E-state index is 0.129. The van der Waals surface area contributed by atoms with E-state index in [0.29, 0.717) is 11.1 Å². The number of carbonyl (C=O) groups is 1. The number of nitrogens with zero attached hydrogens (tertiary/aromatic N) is 3. The van der Waals surface area contributed by atoms with E-state index in [9.17, 15) is 4.79 Å². The second-order valence-electron chi connectivity index (χ2n) is 7.00. The number of benzene rings is 1. The monoisotopic (exact) mass is 351 g/mol. The van der Waals surface area contributed by atoms with Gasteiger partial charge >= 0.3 is 0 Å². The van der Waals surface area contributed by atoms with Crippen molar-refractivity contribution in [2.75, 3.05) is 0 Å². The molecule has 1 atom stereocenters. The van der Waals surface area contributed by atoms with E-state index in [2.05, 4.69) is 27.4 Å². The first-order valence-corrected chi connectivity index (χ1v) is 9.09. The standard InChI is InChI=1S/C20H18ClN3O/c1-12-11-23-16-3-2-10-22-18(16)17(13-4-6-14(21)7-5-13)19(23)20(25)24(12)15-8-9-15/h2-7,10,12,15H,8-9,11H2,1H3/t12-/m1/s1. The molecular weight excluding hydrogens is 334 g/mol. The summed E-state index contributed by atoms with van der Waals surface area (Å²) < 4.78 is 2.15. The molecule has 5 rings (SSSR count). The third kappa shape index (κ3) is 2.20. The van der Waals surface area contributed by atoms with E-state index in [1.165, 1.54) is 0 Å².